The molecular weight excluding hydrogens is 254 g/mol. The Bertz CT molecular complexity index is 618. The highest BCUT2D eigenvalue weighted by atomic mass is 16.5. The van der Waals surface area contributed by atoms with Crippen LogP contribution in [0.1, 0.15) is 12.5 Å². The van der Waals surface area contributed by atoms with Gasteiger partial charge < -0.3 is 15.2 Å². The first-order chi connectivity index (χ1) is 9.72. The van der Waals surface area contributed by atoms with Crippen molar-refractivity contribution in [3.05, 3.63) is 42.0 Å². The Labute approximate surface area is 117 Å². The molecule has 1 heterocycles. The van der Waals surface area contributed by atoms with Crippen LogP contribution in [0.2, 0.25) is 0 Å². The van der Waals surface area contributed by atoms with Crippen LogP contribution in [0.4, 0.5) is 5.69 Å². The lowest BCUT2D eigenvalue weighted by atomic mass is 10.2. The largest absolute Gasteiger partial charge is 0.476 e. The first-order valence-electron chi connectivity index (χ1n) is 6.26. The number of anilines is 1. The first-order valence-corrected chi connectivity index (χ1v) is 6.26. The predicted molar refractivity (Wildman–Crippen MR) is 75.7 cm³/mol. The van der Waals surface area contributed by atoms with E-state index in [2.05, 4.69) is 11.1 Å². The van der Waals surface area contributed by atoms with Gasteiger partial charge in [0.15, 0.2) is 0 Å². The zero-order valence-corrected chi connectivity index (χ0v) is 11.2. The van der Waals surface area contributed by atoms with Crippen molar-refractivity contribution in [2.24, 2.45) is 0 Å². The molecule has 2 rings (SSSR count). The minimum atomic E-state index is 0.367. The zero-order chi connectivity index (χ0) is 14.4. The van der Waals surface area contributed by atoms with Crippen LogP contribution in [-0.4, -0.2) is 11.6 Å². The number of nitrogens with zero attached hydrogens (tertiary/aromatic N) is 2. The Hall–Kier alpha value is -2.74. The fraction of sp³-hybridized carbons (Fsp3) is 0.200. The maximum Gasteiger partial charge on any atom is 0.240 e. The third kappa shape index (κ3) is 3.39. The molecule has 0 atom stereocenters. The molecule has 0 fully saturated rings. The number of nitrogens with two attached hydrogens (primary N) is 1. The van der Waals surface area contributed by atoms with E-state index in [4.69, 9.17) is 20.5 Å². The normalized spacial score (nSPS) is 9.80. The van der Waals surface area contributed by atoms with E-state index >= 15 is 0 Å². The summed E-state index contributed by atoms with van der Waals surface area (Å²) < 4.78 is 10.9. The second-order valence-corrected chi connectivity index (χ2v) is 4.06. The summed E-state index contributed by atoms with van der Waals surface area (Å²) in [5.74, 6) is 1.42. The topological polar surface area (TPSA) is 81.2 Å². The van der Waals surface area contributed by atoms with Gasteiger partial charge in [-0.3, -0.25) is 0 Å². The van der Waals surface area contributed by atoms with Crippen molar-refractivity contribution < 1.29 is 9.47 Å². The van der Waals surface area contributed by atoms with Crippen LogP contribution in [0.25, 0.3) is 0 Å². The summed E-state index contributed by atoms with van der Waals surface area (Å²) in [7, 11) is 0. The molecule has 2 N–H and O–H groups in total. The summed E-state index contributed by atoms with van der Waals surface area (Å²) in [5, 5.41) is 8.61. The average Bonchev–Trinajstić information content (AvgIpc) is 2.45. The summed E-state index contributed by atoms with van der Waals surface area (Å²) >= 11 is 0. The van der Waals surface area contributed by atoms with Gasteiger partial charge >= 0.3 is 0 Å². The molecule has 5 heteroatoms. The molecule has 0 aliphatic heterocycles. The Morgan fingerprint density at radius 3 is 2.60 bits per heavy atom. The number of aromatic nitrogens is 1. The second-order valence-electron chi connectivity index (χ2n) is 4.06. The molecule has 0 amide bonds. The monoisotopic (exact) mass is 269 g/mol. The smallest absolute Gasteiger partial charge is 0.240 e. The van der Waals surface area contributed by atoms with Crippen LogP contribution in [0.5, 0.6) is 17.5 Å². The van der Waals surface area contributed by atoms with Crippen molar-refractivity contribution >= 4 is 5.69 Å². The van der Waals surface area contributed by atoms with E-state index in [1.54, 1.807) is 24.3 Å². The molecule has 0 bridgehead atoms. The molecule has 0 radical (unpaired) electrons. The van der Waals surface area contributed by atoms with Crippen molar-refractivity contribution in [3.8, 4) is 23.6 Å². The average molecular weight is 269 g/mol. The third-order valence-corrected chi connectivity index (χ3v) is 2.57. The lowest BCUT2D eigenvalue weighted by molar-refractivity contribution is 0.323. The van der Waals surface area contributed by atoms with Gasteiger partial charge in [0.25, 0.3) is 0 Å². The molecule has 0 aliphatic carbocycles. The molecule has 0 spiro atoms. The minimum Gasteiger partial charge on any atom is -0.476 e. The van der Waals surface area contributed by atoms with Gasteiger partial charge in [0.05, 0.1) is 24.8 Å². The van der Waals surface area contributed by atoms with Crippen molar-refractivity contribution in [2.75, 3.05) is 12.3 Å². The van der Waals surface area contributed by atoms with Crippen LogP contribution in [0.3, 0.4) is 0 Å². The van der Waals surface area contributed by atoms with E-state index < -0.39 is 0 Å². The highest BCUT2D eigenvalue weighted by Gasteiger charge is 2.05. The van der Waals surface area contributed by atoms with Crippen molar-refractivity contribution in [2.45, 2.75) is 13.3 Å². The lowest BCUT2D eigenvalue weighted by Crippen LogP contribution is -2.00. The van der Waals surface area contributed by atoms with Gasteiger partial charge in [-0.2, -0.15) is 10.2 Å². The van der Waals surface area contributed by atoms with Gasteiger partial charge in [0.1, 0.15) is 5.75 Å². The first kappa shape index (κ1) is 13.7. The molecule has 2 aromatic rings. The number of benzene rings is 1. The molecule has 102 valence electrons. The predicted octanol–water partition coefficient (Wildman–Crippen LogP) is 2.92. The van der Waals surface area contributed by atoms with E-state index in [1.807, 2.05) is 19.1 Å². The maximum atomic E-state index is 8.61. The van der Waals surface area contributed by atoms with E-state index in [0.29, 0.717) is 36.2 Å². The van der Waals surface area contributed by atoms with E-state index in [0.717, 1.165) is 5.56 Å². The molecular formula is C15H15N3O2. The van der Waals surface area contributed by atoms with Gasteiger partial charge in [-0.1, -0.05) is 12.1 Å². The molecule has 5 nitrogen and oxygen atoms in total. The van der Waals surface area contributed by atoms with Gasteiger partial charge in [0.2, 0.25) is 11.8 Å². The van der Waals surface area contributed by atoms with Gasteiger partial charge in [-0.25, -0.2) is 0 Å². The van der Waals surface area contributed by atoms with Crippen LogP contribution in [-0.2, 0) is 6.42 Å². The van der Waals surface area contributed by atoms with Crippen LogP contribution in [0.15, 0.2) is 36.4 Å². The molecule has 0 aliphatic rings. The fourth-order valence-electron chi connectivity index (χ4n) is 1.63. The maximum absolute atomic E-state index is 8.61. The Kier molecular flexibility index (Phi) is 4.40. The molecule has 0 saturated heterocycles. The lowest BCUT2D eigenvalue weighted by Gasteiger charge is -2.09. The number of nitriles is 1. The SMILES string of the molecule is CCOc1nc(Oc2ccc(CC#N)cc2)ccc1N. The van der Waals surface area contributed by atoms with E-state index in [1.165, 1.54) is 0 Å². The van der Waals surface area contributed by atoms with Crippen LogP contribution in [0, 0.1) is 11.3 Å². The van der Waals surface area contributed by atoms with Gasteiger partial charge in [-0.05, 0) is 30.7 Å². The van der Waals surface area contributed by atoms with E-state index in [-0.39, 0.29) is 0 Å². The molecule has 1 aromatic heterocycles. The summed E-state index contributed by atoms with van der Waals surface area (Å²) in [4.78, 5) is 4.19. The Balaban J connectivity index is 2.13. The summed E-state index contributed by atoms with van der Waals surface area (Å²) in [6, 6.07) is 12.8. The summed E-state index contributed by atoms with van der Waals surface area (Å²) in [6.45, 7) is 2.35. The van der Waals surface area contributed by atoms with Crippen molar-refractivity contribution in [1.29, 1.82) is 5.26 Å². The highest BCUT2D eigenvalue weighted by molar-refractivity contribution is 5.49. The number of pyridine rings is 1. The Morgan fingerprint density at radius 2 is 1.95 bits per heavy atom. The van der Waals surface area contributed by atoms with E-state index in [9.17, 15) is 0 Å². The highest BCUT2D eigenvalue weighted by Crippen LogP contribution is 2.26. The number of nitrogen functional groups attached to an aromatic ring is 1. The van der Waals surface area contributed by atoms with Crippen LogP contribution < -0.4 is 15.2 Å². The van der Waals surface area contributed by atoms with Crippen molar-refractivity contribution in [3.63, 3.8) is 0 Å². The number of hydrogen-bond acceptors (Lipinski definition) is 5. The molecule has 0 unspecified atom stereocenters. The van der Waals surface area contributed by atoms with Gasteiger partial charge in [0, 0.05) is 6.07 Å². The zero-order valence-electron chi connectivity index (χ0n) is 11.2. The standard InChI is InChI=1S/C15H15N3O2/c1-2-19-15-13(17)7-8-14(18-15)20-12-5-3-11(4-6-12)9-10-16/h3-8H,2,9,17H2,1H3. The number of rotatable bonds is 5. The molecule has 0 saturated carbocycles. The summed E-state index contributed by atoms with van der Waals surface area (Å²) in [5.41, 5.74) is 7.17. The van der Waals surface area contributed by atoms with Gasteiger partial charge in [-0.15, -0.1) is 0 Å². The summed E-state index contributed by atoms with van der Waals surface area (Å²) in [6.07, 6.45) is 0.384. The minimum absolute atomic E-state index is 0.367. The molecule has 1 aromatic carbocycles. The van der Waals surface area contributed by atoms with Crippen LogP contribution >= 0.6 is 0 Å². The third-order valence-electron chi connectivity index (χ3n) is 2.57. The van der Waals surface area contributed by atoms with Crippen molar-refractivity contribution in [1.82, 2.24) is 4.98 Å². The second kappa shape index (κ2) is 6.43. The molecule has 20 heavy (non-hydrogen) atoms. The number of hydrogen-bond donors (Lipinski definition) is 1. The quantitative estimate of drug-likeness (QED) is 0.902. The number of ether oxygens (including phenoxy) is 2. The fourth-order valence-corrected chi connectivity index (χ4v) is 1.63. The Morgan fingerprint density at radius 1 is 1.20 bits per heavy atom.